The molecule has 1 unspecified atom stereocenters. The molecular weight excluding hydrogens is 212 g/mol. The van der Waals surface area contributed by atoms with E-state index in [9.17, 15) is 8.42 Å². The summed E-state index contributed by atoms with van der Waals surface area (Å²) >= 11 is 0. The lowest BCUT2D eigenvalue weighted by Crippen LogP contribution is -2.49. The highest BCUT2D eigenvalue weighted by atomic mass is 32.2. The number of piperidine rings is 1. The number of sulfonamides is 1. The van der Waals surface area contributed by atoms with Crippen LogP contribution in [0.3, 0.4) is 0 Å². The second-order valence-electron chi connectivity index (χ2n) is 4.82. The van der Waals surface area contributed by atoms with Gasteiger partial charge in [0, 0.05) is 19.1 Å². The lowest BCUT2D eigenvalue weighted by atomic mass is 10.2. The summed E-state index contributed by atoms with van der Waals surface area (Å²) in [6.45, 7) is 3.20. The third kappa shape index (κ3) is 1.70. The van der Waals surface area contributed by atoms with Crippen molar-refractivity contribution in [3.63, 3.8) is 0 Å². The van der Waals surface area contributed by atoms with Gasteiger partial charge >= 0.3 is 0 Å². The first-order chi connectivity index (χ1) is 7.01. The minimum Gasteiger partial charge on any atom is -0.326 e. The molecule has 0 bridgehead atoms. The summed E-state index contributed by atoms with van der Waals surface area (Å²) in [5.41, 5.74) is 5.82. The highest BCUT2D eigenvalue weighted by Crippen LogP contribution is 2.47. The van der Waals surface area contributed by atoms with Gasteiger partial charge in [0.2, 0.25) is 10.0 Å². The van der Waals surface area contributed by atoms with Crippen LogP contribution in [-0.4, -0.2) is 36.6 Å². The lowest BCUT2D eigenvalue weighted by Gasteiger charge is -2.31. The number of hydrogen-bond acceptors (Lipinski definition) is 3. The second-order valence-corrected chi connectivity index (χ2v) is 7.10. The zero-order chi connectivity index (χ0) is 11.1. The molecule has 0 aromatic rings. The van der Waals surface area contributed by atoms with Crippen LogP contribution in [0.2, 0.25) is 0 Å². The molecule has 15 heavy (non-hydrogen) atoms. The first-order valence-electron chi connectivity index (χ1n) is 5.76. The number of nitrogens with two attached hydrogens (primary N) is 1. The monoisotopic (exact) mass is 232 g/mol. The van der Waals surface area contributed by atoms with Crippen LogP contribution in [-0.2, 0) is 10.0 Å². The van der Waals surface area contributed by atoms with Crippen molar-refractivity contribution in [2.45, 2.75) is 49.8 Å². The Morgan fingerprint density at radius 1 is 1.20 bits per heavy atom. The fraction of sp³-hybridized carbons (Fsp3) is 1.00. The Bertz CT molecular complexity index is 327. The molecule has 2 aliphatic rings. The molecule has 1 heterocycles. The van der Waals surface area contributed by atoms with Gasteiger partial charge in [0.1, 0.15) is 4.75 Å². The summed E-state index contributed by atoms with van der Waals surface area (Å²) in [6, 6.07) is -0.246. The molecule has 5 heteroatoms. The Balaban J connectivity index is 2.19. The van der Waals surface area contributed by atoms with E-state index in [0.717, 1.165) is 32.1 Å². The van der Waals surface area contributed by atoms with Gasteiger partial charge in [0.15, 0.2) is 0 Å². The summed E-state index contributed by atoms with van der Waals surface area (Å²) in [6.07, 6.45) is 4.62. The van der Waals surface area contributed by atoms with Crippen molar-refractivity contribution < 1.29 is 8.42 Å². The maximum atomic E-state index is 12.4. The van der Waals surface area contributed by atoms with Crippen LogP contribution in [0.5, 0.6) is 0 Å². The van der Waals surface area contributed by atoms with E-state index < -0.39 is 14.8 Å². The summed E-state index contributed by atoms with van der Waals surface area (Å²) < 4.78 is 25.8. The van der Waals surface area contributed by atoms with Crippen LogP contribution < -0.4 is 5.73 Å². The molecule has 0 spiro atoms. The molecule has 2 fully saturated rings. The predicted molar refractivity (Wildman–Crippen MR) is 60.0 cm³/mol. The van der Waals surface area contributed by atoms with E-state index in [1.54, 1.807) is 4.31 Å². The lowest BCUT2D eigenvalue weighted by molar-refractivity contribution is 0.338. The average Bonchev–Trinajstić information content (AvgIpc) is 3.00. The Labute approximate surface area is 91.9 Å². The topological polar surface area (TPSA) is 63.4 Å². The molecule has 0 aromatic carbocycles. The molecule has 0 aromatic heterocycles. The molecule has 1 aliphatic heterocycles. The van der Waals surface area contributed by atoms with E-state index in [1.807, 2.05) is 6.92 Å². The summed E-state index contributed by atoms with van der Waals surface area (Å²) in [4.78, 5) is 0. The SMILES string of the molecule is CC(N)C1(S(=O)(=O)N2CCCCC2)CC1. The van der Waals surface area contributed by atoms with E-state index in [-0.39, 0.29) is 6.04 Å². The van der Waals surface area contributed by atoms with Crippen molar-refractivity contribution in [3.05, 3.63) is 0 Å². The molecular formula is C10H20N2O2S. The highest BCUT2D eigenvalue weighted by molar-refractivity contribution is 7.90. The van der Waals surface area contributed by atoms with Crippen LogP contribution >= 0.6 is 0 Å². The minimum absolute atomic E-state index is 0.246. The molecule has 0 radical (unpaired) electrons. The maximum absolute atomic E-state index is 12.4. The molecule has 1 aliphatic carbocycles. The number of rotatable bonds is 3. The van der Waals surface area contributed by atoms with Crippen molar-refractivity contribution >= 4 is 10.0 Å². The smallest absolute Gasteiger partial charge is 0.221 e. The van der Waals surface area contributed by atoms with Gasteiger partial charge in [-0.15, -0.1) is 0 Å². The van der Waals surface area contributed by atoms with Crippen molar-refractivity contribution in [2.24, 2.45) is 5.73 Å². The Hall–Kier alpha value is -0.130. The maximum Gasteiger partial charge on any atom is 0.221 e. The standard InChI is InChI=1S/C10H20N2O2S/c1-9(11)10(5-6-10)15(13,14)12-7-3-2-4-8-12/h9H,2-8,11H2,1H3. The van der Waals surface area contributed by atoms with Crippen molar-refractivity contribution in [2.75, 3.05) is 13.1 Å². The predicted octanol–water partition coefficient (Wildman–Crippen LogP) is 0.682. The van der Waals surface area contributed by atoms with Crippen LogP contribution in [0.4, 0.5) is 0 Å². The third-order valence-electron chi connectivity index (χ3n) is 3.74. The molecule has 1 saturated carbocycles. The van der Waals surface area contributed by atoms with Gasteiger partial charge in [0.05, 0.1) is 0 Å². The highest BCUT2D eigenvalue weighted by Gasteiger charge is 2.59. The van der Waals surface area contributed by atoms with Gasteiger partial charge in [-0.05, 0) is 32.6 Å². The molecule has 88 valence electrons. The summed E-state index contributed by atoms with van der Waals surface area (Å²) in [5.74, 6) is 0. The first kappa shape index (κ1) is 11.4. The third-order valence-corrected chi connectivity index (χ3v) is 6.59. The molecule has 2 N–H and O–H groups in total. The molecule has 1 saturated heterocycles. The van der Waals surface area contributed by atoms with Crippen molar-refractivity contribution in [1.29, 1.82) is 0 Å². The van der Waals surface area contributed by atoms with Gasteiger partial charge in [0.25, 0.3) is 0 Å². The van der Waals surface area contributed by atoms with Crippen LogP contribution in [0.15, 0.2) is 0 Å². The fourth-order valence-electron chi connectivity index (χ4n) is 2.43. The minimum atomic E-state index is -3.14. The van der Waals surface area contributed by atoms with Gasteiger partial charge in [-0.1, -0.05) is 6.42 Å². The fourth-order valence-corrected chi connectivity index (χ4v) is 4.77. The zero-order valence-electron chi connectivity index (χ0n) is 9.28. The largest absolute Gasteiger partial charge is 0.326 e. The van der Waals surface area contributed by atoms with Crippen molar-refractivity contribution in [3.8, 4) is 0 Å². The zero-order valence-corrected chi connectivity index (χ0v) is 10.1. The quantitative estimate of drug-likeness (QED) is 0.778. The van der Waals surface area contributed by atoms with Crippen LogP contribution in [0.25, 0.3) is 0 Å². The Morgan fingerprint density at radius 2 is 1.73 bits per heavy atom. The van der Waals surface area contributed by atoms with E-state index >= 15 is 0 Å². The first-order valence-corrected chi connectivity index (χ1v) is 7.20. The van der Waals surface area contributed by atoms with Gasteiger partial charge in [-0.25, -0.2) is 12.7 Å². The molecule has 4 nitrogen and oxygen atoms in total. The van der Waals surface area contributed by atoms with Crippen LogP contribution in [0.1, 0.15) is 39.0 Å². The molecule has 2 rings (SSSR count). The molecule has 1 atom stereocenters. The normalized spacial score (nSPS) is 28.7. The average molecular weight is 232 g/mol. The van der Waals surface area contributed by atoms with Gasteiger partial charge < -0.3 is 5.73 Å². The van der Waals surface area contributed by atoms with Crippen LogP contribution in [0, 0.1) is 0 Å². The van der Waals surface area contributed by atoms with E-state index in [0.29, 0.717) is 13.1 Å². The van der Waals surface area contributed by atoms with Crippen molar-refractivity contribution in [1.82, 2.24) is 4.31 Å². The van der Waals surface area contributed by atoms with E-state index in [4.69, 9.17) is 5.73 Å². The van der Waals surface area contributed by atoms with Gasteiger partial charge in [-0.2, -0.15) is 0 Å². The Morgan fingerprint density at radius 3 is 2.13 bits per heavy atom. The number of hydrogen-bond donors (Lipinski definition) is 1. The van der Waals surface area contributed by atoms with Gasteiger partial charge in [-0.3, -0.25) is 0 Å². The summed E-state index contributed by atoms with van der Waals surface area (Å²) in [7, 11) is -3.14. The number of nitrogens with zero attached hydrogens (tertiary/aromatic N) is 1. The second kappa shape index (κ2) is 3.71. The van der Waals surface area contributed by atoms with E-state index in [2.05, 4.69) is 0 Å². The Kier molecular flexibility index (Phi) is 2.81. The molecule has 0 amide bonds. The summed E-state index contributed by atoms with van der Waals surface area (Å²) in [5, 5.41) is 0. The van der Waals surface area contributed by atoms with E-state index in [1.165, 1.54) is 0 Å².